The third kappa shape index (κ3) is 3.95. The lowest BCUT2D eigenvalue weighted by Gasteiger charge is -2.36. The van der Waals surface area contributed by atoms with Crippen LogP contribution in [-0.2, 0) is 16.1 Å². The van der Waals surface area contributed by atoms with E-state index in [9.17, 15) is 27.9 Å². The van der Waals surface area contributed by atoms with Gasteiger partial charge < -0.3 is 14.7 Å². The number of piperidine rings is 1. The standard InChI is InChI=1S/C20H18F3NO4/c1-28-12-4-2-11(3-5-12)9-24-10-15(20(26)27)13(7-19(24)25)14-6-17(22)18(23)8-16(14)21/h2-6,8,13,15H,7,9-10H2,1H3,(H,26,27)/t13-,15+/m1/s1. The highest BCUT2D eigenvalue weighted by Gasteiger charge is 2.40. The van der Waals surface area contributed by atoms with Crippen LogP contribution in [0.25, 0.3) is 0 Å². The summed E-state index contributed by atoms with van der Waals surface area (Å²) >= 11 is 0. The summed E-state index contributed by atoms with van der Waals surface area (Å²) in [5.41, 5.74) is 0.472. The number of hydrogen-bond acceptors (Lipinski definition) is 3. The van der Waals surface area contributed by atoms with Crippen molar-refractivity contribution in [2.45, 2.75) is 18.9 Å². The summed E-state index contributed by atoms with van der Waals surface area (Å²) in [5.74, 6) is -6.91. The number of ether oxygens (including phenoxy) is 1. The molecule has 1 heterocycles. The van der Waals surface area contributed by atoms with Crippen LogP contribution in [0.15, 0.2) is 36.4 Å². The van der Waals surface area contributed by atoms with E-state index >= 15 is 0 Å². The quantitative estimate of drug-likeness (QED) is 0.792. The van der Waals surface area contributed by atoms with Crippen molar-refractivity contribution in [2.75, 3.05) is 13.7 Å². The van der Waals surface area contributed by atoms with Gasteiger partial charge >= 0.3 is 5.97 Å². The van der Waals surface area contributed by atoms with Crippen molar-refractivity contribution < 1.29 is 32.6 Å². The van der Waals surface area contributed by atoms with Gasteiger partial charge in [-0.3, -0.25) is 9.59 Å². The van der Waals surface area contributed by atoms with Crippen molar-refractivity contribution in [2.24, 2.45) is 5.92 Å². The molecule has 1 aliphatic rings. The molecule has 2 aromatic carbocycles. The average molecular weight is 393 g/mol. The molecule has 3 rings (SSSR count). The summed E-state index contributed by atoms with van der Waals surface area (Å²) in [4.78, 5) is 25.7. The first-order valence-electron chi connectivity index (χ1n) is 8.58. The van der Waals surface area contributed by atoms with E-state index < -0.39 is 35.3 Å². The molecule has 5 nitrogen and oxygen atoms in total. The van der Waals surface area contributed by atoms with Crippen molar-refractivity contribution in [1.82, 2.24) is 4.90 Å². The lowest BCUT2D eigenvalue weighted by molar-refractivity contribution is -0.149. The van der Waals surface area contributed by atoms with Gasteiger partial charge in [-0.25, -0.2) is 13.2 Å². The number of carbonyl (C=O) groups excluding carboxylic acids is 1. The van der Waals surface area contributed by atoms with Gasteiger partial charge in [-0.15, -0.1) is 0 Å². The van der Waals surface area contributed by atoms with Crippen LogP contribution in [0.2, 0.25) is 0 Å². The largest absolute Gasteiger partial charge is 0.497 e. The maximum absolute atomic E-state index is 14.2. The third-order valence-electron chi connectivity index (χ3n) is 4.94. The Hall–Kier alpha value is -3.03. The number of halogens is 3. The molecule has 28 heavy (non-hydrogen) atoms. The van der Waals surface area contributed by atoms with Gasteiger partial charge in [-0.1, -0.05) is 12.1 Å². The molecule has 1 aliphatic heterocycles. The fourth-order valence-corrected chi connectivity index (χ4v) is 3.43. The minimum Gasteiger partial charge on any atom is -0.497 e. The van der Waals surface area contributed by atoms with E-state index in [1.165, 1.54) is 12.0 Å². The molecule has 0 spiro atoms. The Morgan fingerprint density at radius 1 is 1.14 bits per heavy atom. The first-order valence-corrected chi connectivity index (χ1v) is 8.58. The van der Waals surface area contributed by atoms with Crippen LogP contribution in [0.5, 0.6) is 5.75 Å². The summed E-state index contributed by atoms with van der Waals surface area (Å²) < 4.78 is 46.0. The topological polar surface area (TPSA) is 66.8 Å². The zero-order chi connectivity index (χ0) is 20.4. The fourth-order valence-electron chi connectivity index (χ4n) is 3.43. The van der Waals surface area contributed by atoms with Crippen LogP contribution in [-0.4, -0.2) is 35.5 Å². The number of rotatable bonds is 5. The predicted octanol–water partition coefficient (Wildman–Crippen LogP) is 3.33. The van der Waals surface area contributed by atoms with Gasteiger partial charge in [0.05, 0.1) is 13.0 Å². The Morgan fingerprint density at radius 3 is 2.39 bits per heavy atom. The van der Waals surface area contributed by atoms with E-state index in [4.69, 9.17) is 4.74 Å². The number of aliphatic carboxylic acids is 1. The molecule has 1 saturated heterocycles. The lowest BCUT2D eigenvalue weighted by Crippen LogP contribution is -2.46. The monoisotopic (exact) mass is 393 g/mol. The Labute approximate surface area is 159 Å². The van der Waals surface area contributed by atoms with E-state index in [2.05, 4.69) is 0 Å². The first kappa shape index (κ1) is 19.7. The Balaban J connectivity index is 1.84. The number of hydrogen-bond donors (Lipinski definition) is 1. The van der Waals surface area contributed by atoms with Crippen LogP contribution in [0.3, 0.4) is 0 Å². The number of benzene rings is 2. The number of likely N-dealkylation sites (tertiary alicyclic amines) is 1. The molecular formula is C20H18F3NO4. The minimum atomic E-state index is -1.36. The summed E-state index contributed by atoms with van der Waals surface area (Å²) in [7, 11) is 1.53. The molecule has 1 amide bonds. The minimum absolute atomic E-state index is 0.163. The summed E-state index contributed by atoms with van der Waals surface area (Å²) in [6.07, 6.45) is -0.310. The van der Waals surface area contributed by atoms with Crippen molar-refractivity contribution >= 4 is 11.9 Å². The predicted molar refractivity (Wildman–Crippen MR) is 93.2 cm³/mol. The van der Waals surface area contributed by atoms with Gasteiger partial charge in [0.1, 0.15) is 11.6 Å². The molecule has 2 aromatic rings. The van der Waals surface area contributed by atoms with Crippen molar-refractivity contribution in [1.29, 1.82) is 0 Å². The molecule has 2 atom stereocenters. The smallest absolute Gasteiger partial charge is 0.308 e. The van der Waals surface area contributed by atoms with Gasteiger partial charge in [0.2, 0.25) is 5.91 Å². The molecule has 0 unspecified atom stereocenters. The first-order chi connectivity index (χ1) is 13.3. The number of carboxylic acid groups (broad SMARTS) is 1. The van der Waals surface area contributed by atoms with Gasteiger partial charge in [0.15, 0.2) is 11.6 Å². The molecular weight excluding hydrogens is 375 g/mol. The van der Waals surface area contributed by atoms with E-state index in [0.717, 1.165) is 5.56 Å². The molecule has 0 radical (unpaired) electrons. The number of amides is 1. The van der Waals surface area contributed by atoms with Gasteiger partial charge in [-0.05, 0) is 29.3 Å². The second-order valence-corrected chi connectivity index (χ2v) is 6.67. The maximum atomic E-state index is 14.2. The van der Waals surface area contributed by atoms with Crippen LogP contribution in [0.1, 0.15) is 23.5 Å². The van der Waals surface area contributed by atoms with Gasteiger partial charge in [0.25, 0.3) is 0 Å². The van der Waals surface area contributed by atoms with E-state index in [1.807, 2.05) is 0 Å². The molecule has 0 saturated carbocycles. The highest BCUT2D eigenvalue weighted by atomic mass is 19.2. The van der Waals surface area contributed by atoms with E-state index in [-0.39, 0.29) is 31.0 Å². The molecule has 1 N–H and O–H groups in total. The summed E-state index contributed by atoms with van der Waals surface area (Å²) in [6.45, 7) is 0.0168. The third-order valence-corrected chi connectivity index (χ3v) is 4.94. The highest BCUT2D eigenvalue weighted by molar-refractivity contribution is 5.82. The Morgan fingerprint density at radius 2 is 1.79 bits per heavy atom. The Kier molecular flexibility index (Phi) is 5.58. The number of carbonyl (C=O) groups is 2. The van der Waals surface area contributed by atoms with Gasteiger partial charge in [-0.2, -0.15) is 0 Å². The van der Waals surface area contributed by atoms with Crippen molar-refractivity contribution in [3.05, 3.63) is 65.0 Å². The fraction of sp³-hybridized carbons (Fsp3) is 0.300. The van der Waals surface area contributed by atoms with E-state index in [0.29, 0.717) is 17.9 Å². The Bertz CT molecular complexity index is 901. The molecule has 1 fully saturated rings. The van der Waals surface area contributed by atoms with Crippen molar-refractivity contribution in [3.8, 4) is 5.75 Å². The highest BCUT2D eigenvalue weighted by Crippen LogP contribution is 2.36. The average Bonchev–Trinajstić information content (AvgIpc) is 2.66. The van der Waals surface area contributed by atoms with Crippen LogP contribution >= 0.6 is 0 Å². The summed E-state index contributed by atoms with van der Waals surface area (Å²) in [5, 5.41) is 9.58. The second kappa shape index (κ2) is 7.92. The lowest BCUT2D eigenvalue weighted by atomic mass is 9.79. The maximum Gasteiger partial charge on any atom is 0.308 e. The number of methoxy groups -OCH3 is 1. The summed E-state index contributed by atoms with van der Waals surface area (Å²) in [6, 6.07) is 7.96. The molecule has 148 valence electrons. The van der Waals surface area contributed by atoms with Gasteiger partial charge in [0, 0.05) is 31.5 Å². The zero-order valence-corrected chi connectivity index (χ0v) is 15.0. The zero-order valence-electron chi connectivity index (χ0n) is 15.0. The second-order valence-electron chi connectivity index (χ2n) is 6.67. The number of nitrogens with zero attached hydrogens (tertiary/aromatic N) is 1. The number of carboxylic acids is 1. The molecule has 0 aromatic heterocycles. The molecule has 8 heteroatoms. The molecule has 0 bridgehead atoms. The van der Waals surface area contributed by atoms with Crippen LogP contribution in [0.4, 0.5) is 13.2 Å². The normalized spacial score (nSPS) is 19.6. The molecule has 0 aliphatic carbocycles. The van der Waals surface area contributed by atoms with E-state index in [1.54, 1.807) is 24.3 Å². The van der Waals surface area contributed by atoms with Crippen LogP contribution in [0, 0.1) is 23.4 Å². The van der Waals surface area contributed by atoms with Crippen LogP contribution < -0.4 is 4.74 Å². The van der Waals surface area contributed by atoms with Crippen molar-refractivity contribution in [3.63, 3.8) is 0 Å². The SMILES string of the molecule is COc1ccc(CN2C[C@H](C(=O)O)[C@@H](c3cc(F)c(F)cc3F)CC2=O)cc1.